The smallest absolute Gasteiger partial charge is 0.307 e. The van der Waals surface area contributed by atoms with Gasteiger partial charge in [-0.15, -0.1) is 0 Å². The lowest BCUT2D eigenvalue weighted by atomic mass is 9.83. The second-order valence-electron chi connectivity index (χ2n) is 6.14. The maximum absolute atomic E-state index is 12.3. The number of morpholine rings is 1. The van der Waals surface area contributed by atoms with Crippen molar-refractivity contribution in [2.24, 2.45) is 11.8 Å². The van der Waals surface area contributed by atoms with Crippen LogP contribution in [0, 0.1) is 11.8 Å². The fourth-order valence-electron chi connectivity index (χ4n) is 3.51. The first-order valence-electron chi connectivity index (χ1n) is 7.27. The Balaban J connectivity index is 1.62. The largest absolute Gasteiger partial charge is 0.481 e. The molecule has 1 heterocycles. The van der Waals surface area contributed by atoms with Crippen molar-refractivity contribution >= 4 is 11.9 Å². The summed E-state index contributed by atoms with van der Waals surface area (Å²) in [7, 11) is 0. The fourth-order valence-corrected chi connectivity index (χ4v) is 3.51. The molecule has 0 aromatic heterocycles. The van der Waals surface area contributed by atoms with Gasteiger partial charge in [0.25, 0.3) is 0 Å². The van der Waals surface area contributed by atoms with E-state index in [1.165, 1.54) is 19.3 Å². The number of carbonyl (C=O) groups is 2. The quantitative estimate of drug-likeness (QED) is 0.818. The van der Waals surface area contributed by atoms with E-state index in [1.807, 2.05) is 4.90 Å². The molecular formula is C14H21NO4. The lowest BCUT2D eigenvalue weighted by Gasteiger charge is -2.45. The van der Waals surface area contributed by atoms with Crippen LogP contribution in [0.2, 0.25) is 0 Å². The molecular weight excluding hydrogens is 246 g/mol. The molecule has 0 aromatic carbocycles. The van der Waals surface area contributed by atoms with Crippen LogP contribution in [0.25, 0.3) is 0 Å². The highest BCUT2D eigenvalue weighted by Gasteiger charge is 2.51. The summed E-state index contributed by atoms with van der Waals surface area (Å²) < 4.78 is 5.95. The average Bonchev–Trinajstić information content (AvgIpc) is 3.19. The van der Waals surface area contributed by atoms with Crippen LogP contribution >= 0.6 is 0 Å². The summed E-state index contributed by atoms with van der Waals surface area (Å²) in [6.45, 7) is 1.87. The second kappa shape index (κ2) is 4.78. The van der Waals surface area contributed by atoms with Crippen molar-refractivity contribution in [3.63, 3.8) is 0 Å². The van der Waals surface area contributed by atoms with Crippen LogP contribution in [-0.2, 0) is 14.3 Å². The molecule has 0 aromatic rings. The van der Waals surface area contributed by atoms with Crippen LogP contribution in [0.3, 0.4) is 0 Å². The Morgan fingerprint density at radius 1 is 1.16 bits per heavy atom. The van der Waals surface area contributed by atoms with E-state index in [0.29, 0.717) is 26.1 Å². The number of rotatable bonds is 2. The van der Waals surface area contributed by atoms with Crippen molar-refractivity contribution in [3.05, 3.63) is 0 Å². The summed E-state index contributed by atoms with van der Waals surface area (Å²) in [6, 6.07) is 0. The number of carbonyl (C=O) groups excluding carboxylic acids is 1. The standard InChI is InChI=1S/C14H21NO4/c16-12(10-8-11(10)13(17)18)15-6-7-19-14(9-15)4-2-1-3-5-14/h10-11H,1-9H2,(H,17,18)/t10-,11-/m0/s1. The zero-order chi connectivity index (χ0) is 13.5. The first-order chi connectivity index (χ1) is 9.11. The van der Waals surface area contributed by atoms with Crippen LogP contribution in [0.4, 0.5) is 0 Å². The summed E-state index contributed by atoms with van der Waals surface area (Å²) in [4.78, 5) is 25.0. The van der Waals surface area contributed by atoms with Gasteiger partial charge < -0.3 is 14.7 Å². The van der Waals surface area contributed by atoms with Crippen molar-refractivity contribution in [1.29, 1.82) is 0 Å². The van der Waals surface area contributed by atoms with Gasteiger partial charge >= 0.3 is 5.97 Å². The van der Waals surface area contributed by atoms with Crippen LogP contribution in [-0.4, -0.2) is 47.2 Å². The molecule has 19 heavy (non-hydrogen) atoms. The van der Waals surface area contributed by atoms with Gasteiger partial charge in [-0.2, -0.15) is 0 Å². The van der Waals surface area contributed by atoms with E-state index in [2.05, 4.69) is 0 Å². The number of nitrogens with zero attached hydrogens (tertiary/aromatic N) is 1. The Bertz CT molecular complexity index is 383. The minimum Gasteiger partial charge on any atom is -0.481 e. The summed E-state index contributed by atoms with van der Waals surface area (Å²) in [5, 5.41) is 8.92. The lowest BCUT2D eigenvalue weighted by Crippen LogP contribution is -2.54. The Kier molecular flexibility index (Phi) is 3.25. The zero-order valence-electron chi connectivity index (χ0n) is 11.1. The highest BCUT2D eigenvalue weighted by molar-refractivity contribution is 5.89. The Labute approximate surface area is 112 Å². The van der Waals surface area contributed by atoms with Crippen molar-refractivity contribution in [2.75, 3.05) is 19.7 Å². The number of hydrogen-bond donors (Lipinski definition) is 1. The molecule has 1 N–H and O–H groups in total. The molecule has 0 radical (unpaired) electrons. The van der Waals surface area contributed by atoms with Gasteiger partial charge in [-0.05, 0) is 19.3 Å². The van der Waals surface area contributed by atoms with Crippen molar-refractivity contribution in [2.45, 2.75) is 44.1 Å². The van der Waals surface area contributed by atoms with E-state index in [1.54, 1.807) is 0 Å². The molecule has 1 aliphatic heterocycles. The van der Waals surface area contributed by atoms with E-state index < -0.39 is 11.9 Å². The van der Waals surface area contributed by atoms with Gasteiger partial charge in [0, 0.05) is 13.1 Å². The average molecular weight is 267 g/mol. The number of carboxylic acid groups (broad SMARTS) is 1. The van der Waals surface area contributed by atoms with Gasteiger partial charge in [0.2, 0.25) is 5.91 Å². The van der Waals surface area contributed by atoms with Gasteiger partial charge in [0.05, 0.1) is 24.0 Å². The molecule has 5 heteroatoms. The second-order valence-corrected chi connectivity index (χ2v) is 6.14. The number of aliphatic carboxylic acids is 1. The van der Waals surface area contributed by atoms with E-state index in [-0.39, 0.29) is 17.4 Å². The molecule has 2 atom stereocenters. The minimum absolute atomic E-state index is 0.0284. The van der Waals surface area contributed by atoms with Gasteiger partial charge in [-0.3, -0.25) is 9.59 Å². The van der Waals surface area contributed by atoms with Crippen LogP contribution in [0.15, 0.2) is 0 Å². The Morgan fingerprint density at radius 3 is 2.53 bits per heavy atom. The summed E-state index contributed by atoms with van der Waals surface area (Å²) >= 11 is 0. The van der Waals surface area contributed by atoms with Gasteiger partial charge in [-0.25, -0.2) is 0 Å². The predicted molar refractivity (Wildman–Crippen MR) is 67.6 cm³/mol. The van der Waals surface area contributed by atoms with E-state index in [4.69, 9.17) is 9.84 Å². The highest BCUT2D eigenvalue weighted by atomic mass is 16.5. The first-order valence-corrected chi connectivity index (χ1v) is 7.27. The van der Waals surface area contributed by atoms with Crippen LogP contribution in [0.1, 0.15) is 38.5 Å². The predicted octanol–water partition coefficient (Wildman–Crippen LogP) is 1.27. The van der Waals surface area contributed by atoms with Gasteiger partial charge in [0.15, 0.2) is 0 Å². The van der Waals surface area contributed by atoms with E-state index in [9.17, 15) is 9.59 Å². The maximum Gasteiger partial charge on any atom is 0.307 e. The van der Waals surface area contributed by atoms with Crippen LogP contribution < -0.4 is 0 Å². The Hall–Kier alpha value is -1.10. The summed E-state index contributed by atoms with van der Waals surface area (Å²) in [5.74, 6) is -1.53. The number of hydrogen-bond acceptors (Lipinski definition) is 3. The SMILES string of the molecule is O=C(O)[C@H]1C[C@@H]1C(=O)N1CCOC2(CCCCC2)C1. The summed E-state index contributed by atoms with van der Waals surface area (Å²) in [6.07, 6.45) is 6.17. The number of ether oxygens (including phenoxy) is 1. The molecule has 2 saturated carbocycles. The lowest BCUT2D eigenvalue weighted by molar-refractivity contribution is -0.158. The monoisotopic (exact) mass is 267 g/mol. The molecule has 0 unspecified atom stereocenters. The maximum atomic E-state index is 12.3. The molecule has 5 nitrogen and oxygen atoms in total. The Morgan fingerprint density at radius 2 is 1.89 bits per heavy atom. The minimum atomic E-state index is -0.834. The molecule has 3 aliphatic rings. The molecule has 1 spiro atoms. The van der Waals surface area contributed by atoms with Crippen LogP contribution in [0.5, 0.6) is 0 Å². The number of amides is 1. The topological polar surface area (TPSA) is 66.8 Å². The van der Waals surface area contributed by atoms with E-state index >= 15 is 0 Å². The molecule has 106 valence electrons. The number of carboxylic acids is 1. The molecule has 1 amide bonds. The third-order valence-electron chi connectivity index (χ3n) is 4.75. The normalized spacial score (nSPS) is 33.2. The third-order valence-corrected chi connectivity index (χ3v) is 4.75. The fraction of sp³-hybridized carbons (Fsp3) is 0.857. The van der Waals surface area contributed by atoms with Gasteiger partial charge in [0.1, 0.15) is 0 Å². The molecule has 1 saturated heterocycles. The van der Waals surface area contributed by atoms with E-state index in [0.717, 1.165) is 12.8 Å². The highest BCUT2D eigenvalue weighted by Crippen LogP contribution is 2.42. The first kappa shape index (κ1) is 12.9. The third kappa shape index (κ3) is 2.48. The summed E-state index contributed by atoms with van der Waals surface area (Å²) in [5.41, 5.74) is -0.139. The van der Waals surface area contributed by atoms with Crippen molar-refractivity contribution < 1.29 is 19.4 Å². The van der Waals surface area contributed by atoms with Crippen molar-refractivity contribution in [1.82, 2.24) is 4.90 Å². The zero-order valence-corrected chi connectivity index (χ0v) is 11.1. The molecule has 0 bridgehead atoms. The molecule has 2 aliphatic carbocycles. The molecule has 3 rings (SSSR count). The van der Waals surface area contributed by atoms with Crippen molar-refractivity contribution in [3.8, 4) is 0 Å². The molecule has 3 fully saturated rings. The van der Waals surface area contributed by atoms with Gasteiger partial charge in [-0.1, -0.05) is 19.3 Å².